The van der Waals surface area contributed by atoms with E-state index in [1.165, 1.54) is 26.4 Å². The number of ether oxygens (including phenoxy) is 1. The van der Waals surface area contributed by atoms with Gasteiger partial charge in [0.2, 0.25) is 0 Å². The van der Waals surface area contributed by atoms with Crippen molar-refractivity contribution in [2.45, 2.75) is 52.0 Å². The van der Waals surface area contributed by atoms with Crippen molar-refractivity contribution in [3.63, 3.8) is 0 Å². The van der Waals surface area contributed by atoms with Crippen LogP contribution in [0.2, 0.25) is 0 Å². The Morgan fingerprint density at radius 1 is 1.50 bits per heavy atom. The molecule has 82 valence electrons. The summed E-state index contributed by atoms with van der Waals surface area (Å²) in [6.07, 6.45) is 5.52. The first kappa shape index (κ1) is 11.3. The number of carbonyl (C=O) groups excluding carboxylic acids is 1. The van der Waals surface area contributed by atoms with E-state index in [4.69, 9.17) is 0 Å². The van der Waals surface area contributed by atoms with Crippen molar-refractivity contribution >= 4 is 6.09 Å². The Hall–Kier alpha value is -0.730. The highest BCUT2D eigenvalue weighted by Crippen LogP contribution is 2.38. The van der Waals surface area contributed by atoms with Crippen LogP contribution in [-0.4, -0.2) is 19.2 Å². The van der Waals surface area contributed by atoms with Crippen LogP contribution in [0.25, 0.3) is 0 Å². The highest BCUT2D eigenvalue weighted by Gasteiger charge is 2.29. The number of alkyl carbamates (subject to hydrolysis) is 1. The van der Waals surface area contributed by atoms with Crippen LogP contribution in [0, 0.1) is 5.41 Å². The summed E-state index contributed by atoms with van der Waals surface area (Å²) in [6.45, 7) is 4.58. The minimum atomic E-state index is -0.296. The molecule has 0 aromatic carbocycles. The second-order valence-electron chi connectivity index (χ2n) is 4.57. The molecule has 1 N–H and O–H groups in total. The van der Waals surface area contributed by atoms with E-state index < -0.39 is 0 Å². The minimum Gasteiger partial charge on any atom is -0.453 e. The molecule has 1 amide bonds. The predicted octanol–water partition coefficient (Wildman–Crippen LogP) is 2.70. The summed E-state index contributed by atoms with van der Waals surface area (Å²) in [4.78, 5) is 11.0. The Kier molecular flexibility index (Phi) is 3.78. The molecule has 1 saturated carbocycles. The molecule has 1 rings (SSSR count). The van der Waals surface area contributed by atoms with Crippen LogP contribution in [0.5, 0.6) is 0 Å². The summed E-state index contributed by atoms with van der Waals surface area (Å²) >= 11 is 0. The van der Waals surface area contributed by atoms with Gasteiger partial charge in [-0.3, -0.25) is 0 Å². The molecule has 0 aromatic rings. The zero-order valence-electron chi connectivity index (χ0n) is 9.43. The maximum atomic E-state index is 11.0. The number of carbonyl (C=O) groups is 1. The Balaban J connectivity index is 2.32. The molecular weight excluding hydrogens is 178 g/mol. The SMILES string of the molecule is CCC1(C)CCC(NC(=O)OC)CC1. The fourth-order valence-corrected chi connectivity index (χ4v) is 2.04. The summed E-state index contributed by atoms with van der Waals surface area (Å²) in [7, 11) is 1.41. The molecule has 0 aliphatic heterocycles. The van der Waals surface area contributed by atoms with Gasteiger partial charge in [-0.1, -0.05) is 20.3 Å². The van der Waals surface area contributed by atoms with Gasteiger partial charge in [-0.15, -0.1) is 0 Å². The van der Waals surface area contributed by atoms with E-state index in [1.54, 1.807) is 0 Å². The third-order valence-corrected chi connectivity index (χ3v) is 3.55. The lowest BCUT2D eigenvalue weighted by molar-refractivity contribution is 0.145. The van der Waals surface area contributed by atoms with Crippen molar-refractivity contribution in [1.29, 1.82) is 0 Å². The lowest BCUT2D eigenvalue weighted by Gasteiger charge is -2.36. The first-order valence-corrected chi connectivity index (χ1v) is 5.44. The van der Waals surface area contributed by atoms with E-state index >= 15 is 0 Å². The first-order chi connectivity index (χ1) is 6.59. The average Bonchev–Trinajstić information content (AvgIpc) is 2.21. The molecule has 0 spiro atoms. The summed E-state index contributed by atoms with van der Waals surface area (Å²) in [5, 5.41) is 2.87. The van der Waals surface area contributed by atoms with Crippen LogP contribution in [0.15, 0.2) is 0 Å². The fraction of sp³-hybridized carbons (Fsp3) is 0.909. The molecule has 0 heterocycles. The highest BCUT2D eigenvalue weighted by molar-refractivity contribution is 5.67. The third kappa shape index (κ3) is 2.89. The van der Waals surface area contributed by atoms with E-state index in [2.05, 4.69) is 23.9 Å². The smallest absolute Gasteiger partial charge is 0.407 e. The zero-order valence-corrected chi connectivity index (χ0v) is 9.43. The third-order valence-electron chi connectivity index (χ3n) is 3.55. The van der Waals surface area contributed by atoms with E-state index in [1.807, 2.05) is 0 Å². The van der Waals surface area contributed by atoms with Gasteiger partial charge in [0.25, 0.3) is 0 Å². The van der Waals surface area contributed by atoms with Gasteiger partial charge in [0.15, 0.2) is 0 Å². The van der Waals surface area contributed by atoms with Gasteiger partial charge in [-0.2, -0.15) is 0 Å². The molecule has 14 heavy (non-hydrogen) atoms. The number of amides is 1. The van der Waals surface area contributed by atoms with E-state index in [9.17, 15) is 4.79 Å². The highest BCUT2D eigenvalue weighted by atomic mass is 16.5. The second kappa shape index (κ2) is 4.67. The monoisotopic (exact) mass is 199 g/mol. The fourth-order valence-electron chi connectivity index (χ4n) is 2.04. The Labute approximate surface area is 86.2 Å². The van der Waals surface area contributed by atoms with Crippen LogP contribution < -0.4 is 5.32 Å². The first-order valence-electron chi connectivity index (χ1n) is 5.44. The van der Waals surface area contributed by atoms with Crippen molar-refractivity contribution in [3.05, 3.63) is 0 Å². The van der Waals surface area contributed by atoms with Gasteiger partial charge in [0.05, 0.1) is 7.11 Å². The van der Waals surface area contributed by atoms with Crippen LogP contribution in [0.3, 0.4) is 0 Å². The Morgan fingerprint density at radius 2 is 2.07 bits per heavy atom. The molecule has 0 unspecified atom stereocenters. The van der Waals surface area contributed by atoms with Gasteiger partial charge in [0.1, 0.15) is 0 Å². The molecule has 0 radical (unpaired) electrons. The van der Waals surface area contributed by atoms with Crippen molar-refractivity contribution < 1.29 is 9.53 Å². The standard InChI is InChI=1S/C11H21NO2/c1-4-11(2)7-5-9(6-8-11)12-10(13)14-3/h9H,4-8H2,1-3H3,(H,12,13). The van der Waals surface area contributed by atoms with Crippen molar-refractivity contribution in [3.8, 4) is 0 Å². The molecule has 0 saturated heterocycles. The number of hydrogen-bond acceptors (Lipinski definition) is 2. The maximum Gasteiger partial charge on any atom is 0.407 e. The molecule has 1 aliphatic rings. The summed E-state index contributed by atoms with van der Waals surface area (Å²) in [5.74, 6) is 0. The van der Waals surface area contributed by atoms with Crippen LogP contribution >= 0.6 is 0 Å². The molecule has 0 bridgehead atoms. The largest absolute Gasteiger partial charge is 0.453 e. The Morgan fingerprint density at radius 3 is 2.50 bits per heavy atom. The normalized spacial score (nSPS) is 32.4. The summed E-state index contributed by atoms with van der Waals surface area (Å²) in [6, 6.07) is 0.321. The topological polar surface area (TPSA) is 38.3 Å². The van der Waals surface area contributed by atoms with Crippen molar-refractivity contribution in [1.82, 2.24) is 5.32 Å². The van der Waals surface area contributed by atoms with Gasteiger partial charge in [-0.25, -0.2) is 4.79 Å². The van der Waals surface area contributed by atoms with E-state index in [0.717, 1.165) is 12.8 Å². The second-order valence-corrected chi connectivity index (χ2v) is 4.57. The van der Waals surface area contributed by atoms with Crippen molar-refractivity contribution in [2.24, 2.45) is 5.41 Å². The number of rotatable bonds is 2. The van der Waals surface area contributed by atoms with Gasteiger partial charge >= 0.3 is 6.09 Å². The molecule has 1 fully saturated rings. The number of methoxy groups -OCH3 is 1. The zero-order chi connectivity index (χ0) is 10.6. The molecule has 3 heteroatoms. The summed E-state index contributed by atoms with van der Waals surface area (Å²) < 4.78 is 4.58. The summed E-state index contributed by atoms with van der Waals surface area (Å²) in [5.41, 5.74) is 0.494. The van der Waals surface area contributed by atoms with Crippen LogP contribution in [0.4, 0.5) is 4.79 Å². The molecule has 0 atom stereocenters. The lowest BCUT2D eigenvalue weighted by atomic mass is 9.72. The van der Waals surface area contributed by atoms with Crippen LogP contribution in [-0.2, 0) is 4.74 Å². The molecule has 3 nitrogen and oxygen atoms in total. The van der Waals surface area contributed by atoms with Crippen LogP contribution in [0.1, 0.15) is 46.0 Å². The van der Waals surface area contributed by atoms with Gasteiger partial charge in [0, 0.05) is 6.04 Å². The van der Waals surface area contributed by atoms with E-state index in [-0.39, 0.29) is 6.09 Å². The average molecular weight is 199 g/mol. The number of hydrogen-bond donors (Lipinski definition) is 1. The van der Waals surface area contributed by atoms with E-state index in [0.29, 0.717) is 11.5 Å². The molecule has 0 aromatic heterocycles. The van der Waals surface area contributed by atoms with Gasteiger partial charge < -0.3 is 10.1 Å². The van der Waals surface area contributed by atoms with Crippen molar-refractivity contribution in [2.75, 3.05) is 7.11 Å². The maximum absolute atomic E-state index is 11.0. The Bertz CT molecular complexity index is 195. The lowest BCUT2D eigenvalue weighted by Crippen LogP contribution is -2.39. The minimum absolute atomic E-state index is 0.296. The number of nitrogens with one attached hydrogen (secondary N) is 1. The molecular formula is C11H21NO2. The molecule has 1 aliphatic carbocycles. The predicted molar refractivity (Wildman–Crippen MR) is 56.2 cm³/mol. The van der Waals surface area contributed by atoms with Gasteiger partial charge in [-0.05, 0) is 31.1 Å². The quantitative estimate of drug-likeness (QED) is 0.742.